The molecule has 0 spiro atoms. The third-order valence-corrected chi connectivity index (χ3v) is 8.26. The summed E-state index contributed by atoms with van der Waals surface area (Å²) in [6.45, 7) is 0. The van der Waals surface area contributed by atoms with Crippen LogP contribution in [-0.2, 0) is 9.36 Å². The van der Waals surface area contributed by atoms with Gasteiger partial charge in [-0.3, -0.25) is 14.3 Å². The fourth-order valence-corrected chi connectivity index (χ4v) is 6.02. The molecule has 2 aliphatic heterocycles. The lowest BCUT2D eigenvalue weighted by Gasteiger charge is -2.15. The summed E-state index contributed by atoms with van der Waals surface area (Å²) in [7, 11) is -2.49. The molecule has 1 amide bonds. The highest BCUT2D eigenvalue weighted by molar-refractivity contribution is 8.27. The normalized spacial score (nSPS) is 19.1. The van der Waals surface area contributed by atoms with Crippen LogP contribution in [0, 0.1) is 0 Å². The number of carbonyl (C=O) groups is 1. The number of amides is 1. The number of hydrogen-bond acceptors (Lipinski definition) is 8. The van der Waals surface area contributed by atoms with E-state index in [-0.39, 0.29) is 11.2 Å². The van der Waals surface area contributed by atoms with E-state index in [1.807, 2.05) is 11.9 Å². The molecule has 0 unspecified atom stereocenters. The molecule has 12 heteroatoms. The van der Waals surface area contributed by atoms with Crippen molar-refractivity contribution in [2.24, 2.45) is 0 Å². The van der Waals surface area contributed by atoms with Crippen molar-refractivity contribution < 1.29 is 29.4 Å². The van der Waals surface area contributed by atoms with Crippen LogP contribution in [0.1, 0.15) is 11.9 Å². The molecule has 1 saturated heterocycles. The van der Waals surface area contributed by atoms with Crippen LogP contribution in [0.4, 0.5) is 11.4 Å². The lowest BCUT2D eigenvalue weighted by Crippen LogP contribution is -2.27. The molecule has 0 radical (unpaired) electrons. The van der Waals surface area contributed by atoms with Crippen molar-refractivity contribution in [2.45, 2.75) is 11.2 Å². The second kappa shape index (κ2) is 8.77. The molecule has 2 heterocycles. The average Bonchev–Trinajstić information content (AvgIpc) is 3.20. The Labute approximate surface area is 197 Å². The number of rotatable bonds is 4. The van der Waals surface area contributed by atoms with Gasteiger partial charge in [0.15, 0.2) is 10.6 Å². The van der Waals surface area contributed by atoms with Crippen LogP contribution in [-0.4, -0.2) is 37.3 Å². The number of allylic oxidation sites excluding steroid dienone is 2. The number of thiocarbonyl (C=S) groups is 1. The van der Waals surface area contributed by atoms with E-state index in [2.05, 4.69) is 0 Å². The molecule has 8 nitrogen and oxygen atoms in total. The second-order valence-electron chi connectivity index (χ2n) is 6.87. The molecule has 2 aliphatic rings. The Morgan fingerprint density at radius 2 is 1.75 bits per heavy atom. The van der Waals surface area contributed by atoms with Crippen LogP contribution >= 0.6 is 43.3 Å². The first-order valence-corrected chi connectivity index (χ1v) is 12.8. The van der Waals surface area contributed by atoms with Gasteiger partial charge in [-0.25, -0.2) is 0 Å². The van der Waals surface area contributed by atoms with Crippen LogP contribution in [0.2, 0.25) is 0 Å². The molecular formula is C20H17N2O6PS3. The molecule has 0 atom stereocenters. The molecule has 4 N–H and O–H groups in total. The third kappa shape index (κ3) is 4.43. The Bertz CT molecular complexity index is 1220. The first-order chi connectivity index (χ1) is 15.1. The average molecular weight is 509 g/mol. The molecule has 1 fully saturated rings. The number of hydrogen-bond donors (Lipinski definition) is 4. The maximum absolute atomic E-state index is 12.9. The largest absolute Gasteiger partial charge is 0.364 e. The standard InChI is InChI=1S/C20H17N2O6PS3/c1-21-14-7-2-11(19(24)25)10-16(14)31-17(21)9-8-15-18(23)22(20(30)32-15)12-3-5-13(6-4-12)29(26,27)28/h2-10,19,24-25H,1H3,(H2,26,27,28). The Hall–Kier alpha value is -1.95. The van der Waals surface area contributed by atoms with Gasteiger partial charge < -0.3 is 24.9 Å². The number of aliphatic hydroxyl groups is 2. The van der Waals surface area contributed by atoms with Gasteiger partial charge in [-0.2, -0.15) is 0 Å². The fraction of sp³-hybridized carbons (Fsp3) is 0.100. The Kier molecular flexibility index (Phi) is 6.36. The fourth-order valence-electron chi connectivity index (χ4n) is 3.14. The first kappa shape index (κ1) is 23.2. The third-order valence-electron chi connectivity index (χ3n) is 4.80. The first-order valence-electron chi connectivity index (χ1n) is 9.12. The van der Waals surface area contributed by atoms with Crippen molar-refractivity contribution in [3.63, 3.8) is 0 Å². The number of thioether (sulfide) groups is 2. The molecule has 4 rings (SSSR count). The van der Waals surface area contributed by atoms with Gasteiger partial charge in [0.05, 0.1) is 26.6 Å². The van der Waals surface area contributed by atoms with Crippen LogP contribution in [0.25, 0.3) is 0 Å². The van der Waals surface area contributed by atoms with Crippen molar-refractivity contribution in [1.82, 2.24) is 0 Å². The smallest absolute Gasteiger partial charge is 0.356 e. The van der Waals surface area contributed by atoms with Gasteiger partial charge in [0.1, 0.15) is 0 Å². The summed E-state index contributed by atoms with van der Waals surface area (Å²) in [5, 5.41) is 19.5. The van der Waals surface area contributed by atoms with Gasteiger partial charge in [-0.15, -0.1) is 0 Å². The molecule has 0 aliphatic carbocycles. The summed E-state index contributed by atoms with van der Waals surface area (Å²) >= 11 is 7.92. The molecule has 166 valence electrons. The molecule has 2 aromatic carbocycles. The van der Waals surface area contributed by atoms with Crippen molar-refractivity contribution >= 4 is 70.2 Å². The Balaban J connectivity index is 1.55. The number of fused-ring (bicyclic) bond motifs is 1. The van der Waals surface area contributed by atoms with E-state index >= 15 is 0 Å². The van der Waals surface area contributed by atoms with Crippen molar-refractivity contribution in [1.29, 1.82) is 0 Å². The quantitative estimate of drug-likeness (QED) is 0.212. The minimum absolute atomic E-state index is 0.135. The van der Waals surface area contributed by atoms with Crippen molar-refractivity contribution in [2.75, 3.05) is 16.8 Å². The van der Waals surface area contributed by atoms with Crippen molar-refractivity contribution in [3.8, 4) is 0 Å². The zero-order valence-corrected chi connectivity index (χ0v) is 19.8. The predicted octanol–water partition coefficient (Wildman–Crippen LogP) is 2.80. The molecule has 0 saturated carbocycles. The van der Waals surface area contributed by atoms with E-state index in [1.54, 1.807) is 30.4 Å². The summed E-state index contributed by atoms with van der Waals surface area (Å²) in [5.41, 5.74) is 1.74. The second-order valence-corrected chi connectivity index (χ2v) is 11.2. The number of benzene rings is 2. The highest BCUT2D eigenvalue weighted by Gasteiger charge is 2.33. The minimum atomic E-state index is -4.37. The molecule has 0 aromatic heterocycles. The summed E-state index contributed by atoms with van der Waals surface area (Å²) < 4.78 is 11.7. The van der Waals surface area contributed by atoms with E-state index in [0.717, 1.165) is 27.4 Å². The lowest BCUT2D eigenvalue weighted by molar-refractivity contribution is -0.113. The summed E-state index contributed by atoms with van der Waals surface area (Å²) in [5.74, 6) is -0.324. The highest BCUT2D eigenvalue weighted by Crippen LogP contribution is 2.46. The predicted molar refractivity (Wildman–Crippen MR) is 130 cm³/mol. The summed E-state index contributed by atoms with van der Waals surface area (Å²) in [4.78, 5) is 36.0. The van der Waals surface area contributed by atoms with Crippen LogP contribution in [0.15, 0.2) is 69.4 Å². The van der Waals surface area contributed by atoms with Gasteiger partial charge >= 0.3 is 7.60 Å². The molecular weight excluding hydrogens is 491 g/mol. The monoisotopic (exact) mass is 508 g/mol. The Morgan fingerprint density at radius 1 is 1.06 bits per heavy atom. The zero-order chi connectivity index (χ0) is 23.2. The number of nitrogens with zero attached hydrogens (tertiary/aromatic N) is 2. The lowest BCUT2D eigenvalue weighted by atomic mass is 10.2. The topological polar surface area (TPSA) is 122 Å². The number of carbonyl (C=O) groups excluding carboxylic acids is 1. The summed E-state index contributed by atoms with van der Waals surface area (Å²) in [6, 6.07) is 10.6. The van der Waals surface area contributed by atoms with Gasteiger partial charge in [-0.05, 0) is 48.6 Å². The maximum atomic E-state index is 12.9. The summed E-state index contributed by atoms with van der Waals surface area (Å²) in [6.07, 6.45) is 1.93. The molecule has 0 bridgehead atoms. The highest BCUT2D eigenvalue weighted by atomic mass is 32.2. The zero-order valence-electron chi connectivity index (χ0n) is 16.4. The van der Waals surface area contributed by atoms with Gasteiger partial charge in [0, 0.05) is 17.5 Å². The van der Waals surface area contributed by atoms with E-state index < -0.39 is 13.9 Å². The van der Waals surface area contributed by atoms with E-state index in [0.29, 0.717) is 20.5 Å². The SMILES string of the molecule is CN1C(=CC=C2SC(=S)N(c3ccc(P(=O)(O)O)cc3)C2=O)Sc2cc(C(O)O)ccc21. The number of anilines is 2. The maximum Gasteiger partial charge on any atom is 0.356 e. The molecule has 2 aromatic rings. The van der Waals surface area contributed by atoms with Crippen molar-refractivity contribution in [3.05, 3.63) is 70.1 Å². The van der Waals surface area contributed by atoms with Gasteiger partial charge in [-0.1, -0.05) is 41.8 Å². The molecule has 32 heavy (non-hydrogen) atoms. The van der Waals surface area contributed by atoms with Crippen LogP contribution in [0.5, 0.6) is 0 Å². The van der Waals surface area contributed by atoms with Gasteiger partial charge in [0.2, 0.25) is 0 Å². The van der Waals surface area contributed by atoms with Crippen LogP contribution in [0.3, 0.4) is 0 Å². The van der Waals surface area contributed by atoms with E-state index in [4.69, 9.17) is 12.2 Å². The Morgan fingerprint density at radius 3 is 2.38 bits per heavy atom. The van der Waals surface area contributed by atoms with Crippen LogP contribution < -0.4 is 15.1 Å². The van der Waals surface area contributed by atoms with Gasteiger partial charge in [0.25, 0.3) is 5.91 Å². The number of aliphatic hydroxyl groups excluding tert-OH is 1. The van der Waals surface area contributed by atoms with E-state index in [9.17, 15) is 29.4 Å². The minimum Gasteiger partial charge on any atom is -0.364 e. The van der Waals surface area contributed by atoms with E-state index in [1.165, 1.54) is 40.9 Å².